The zero-order valence-electron chi connectivity index (χ0n) is 11.2. The van der Waals surface area contributed by atoms with Gasteiger partial charge in [-0.25, -0.2) is 4.98 Å². The molecule has 0 unspecified atom stereocenters. The van der Waals surface area contributed by atoms with Crippen LogP contribution in [0.4, 0.5) is 5.69 Å². The van der Waals surface area contributed by atoms with Crippen LogP contribution in [0.3, 0.4) is 0 Å². The fraction of sp³-hybridized carbons (Fsp3) is 0.462. The molecule has 20 heavy (non-hydrogen) atoms. The van der Waals surface area contributed by atoms with Gasteiger partial charge in [0.05, 0.1) is 36.2 Å². The Morgan fingerprint density at radius 1 is 1.60 bits per heavy atom. The lowest BCUT2D eigenvalue weighted by atomic mass is 10.2. The Kier molecular flexibility index (Phi) is 3.79. The molecule has 0 spiro atoms. The number of rotatable bonds is 6. The molecule has 1 saturated carbocycles. The standard InChI is InChI=1S/C13H16N4O2S/c1-19-5-4-17-7-10(6-15-17)16-13(18)12-11(9-2-3-9)14-8-20-12/h6-9H,2-5H2,1H3,(H,16,18). The SMILES string of the molecule is COCCn1cc(NC(=O)c2scnc2C2CC2)cn1. The Labute approximate surface area is 120 Å². The molecule has 106 valence electrons. The normalized spacial score (nSPS) is 14.4. The number of carbonyl (C=O) groups excluding carboxylic acids is 1. The maximum Gasteiger partial charge on any atom is 0.267 e. The number of amides is 1. The van der Waals surface area contributed by atoms with Crippen molar-refractivity contribution in [3.63, 3.8) is 0 Å². The van der Waals surface area contributed by atoms with Crippen molar-refractivity contribution in [2.24, 2.45) is 0 Å². The first-order chi connectivity index (χ1) is 9.78. The molecule has 0 aromatic carbocycles. The van der Waals surface area contributed by atoms with Crippen molar-refractivity contribution in [2.75, 3.05) is 19.0 Å². The minimum atomic E-state index is -0.0966. The topological polar surface area (TPSA) is 69.0 Å². The lowest BCUT2D eigenvalue weighted by molar-refractivity contribution is 0.102. The highest BCUT2D eigenvalue weighted by Gasteiger charge is 2.30. The second kappa shape index (κ2) is 5.72. The van der Waals surface area contributed by atoms with Gasteiger partial charge in [0.2, 0.25) is 0 Å². The Morgan fingerprint density at radius 2 is 2.45 bits per heavy atom. The second-order valence-electron chi connectivity index (χ2n) is 4.78. The number of thiazole rings is 1. The Bertz CT molecular complexity index is 603. The van der Waals surface area contributed by atoms with Gasteiger partial charge in [0.25, 0.3) is 5.91 Å². The lowest BCUT2D eigenvalue weighted by Gasteiger charge is -2.02. The molecule has 0 saturated heterocycles. The van der Waals surface area contributed by atoms with Crippen LogP contribution in [0.15, 0.2) is 17.9 Å². The number of hydrogen-bond donors (Lipinski definition) is 1. The van der Waals surface area contributed by atoms with Crippen LogP contribution >= 0.6 is 11.3 Å². The summed E-state index contributed by atoms with van der Waals surface area (Å²) in [5.74, 6) is 0.382. The summed E-state index contributed by atoms with van der Waals surface area (Å²) >= 11 is 1.40. The first-order valence-electron chi connectivity index (χ1n) is 6.54. The number of anilines is 1. The van der Waals surface area contributed by atoms with Gasteiger partial charge in [0.15, 0.2) is 0 Å². The van der Waals surface area contributed by atoms with E-state index < -0.39 is 0 Å². The molecule has 1 fully saturated rings. The molecule has 0 bridgehead atoms. The van der Waals surface area contributed by atoms with Crippen molar-refractivity contribution in [1.82, 2.24) is 14.8 Å². The fourth-order valence-corrected chi connectivity index (χ4v) is 2.77. The highest BCUT2D eigenvalue weighted by atomic mass is 32.1. The molecule has 2 aromatic heterocycles. The van der Waals surface area contributed by atoms with E-state index in [1.165, 1.54) is 11.3 Å². The van der Waals surface area contributed by atoms with E-state index in [0.717, 1.165) is 23.4 Å². The van der Waals surface area contributed by atoms with Crippen LogP contribution in [0.2, 0.25) is 0 Å². The number of carbonyl (C=O) groups is 1. The van der Waals surface area contributed by atoms with Gasteiger partial charge in [-0.2, -0.15) is 5.10 Å². The summed E-state index contributed by atoms with van der Waals surface area (Å²) in [6, 6.07) is 0. The van der Waals surface area contributed by atoms with Crippen molar-refractivity contribution in [3.8, 4) is 0 Å². The highest BCUT2D eigenvalue weighted by Crippen LogP contribution is 2.41. The maximum absolute atomic E-state index is 12.2. The van der Waals surface area contributed by atoms with E-state index in [9.17, 15) is 4.79 Å². The van der Waals surface area contributed by atoms with Crippen molar-refractivity contribution < 1.29 is 9.53 Å². The molecule has 1 amide bonds. The van der Waals surface area contributed by atoms with Gasteiger partial charge in [-0.15, -0.1) is 11.3 Å². The van der Waals surface area contributed by atoms with Crippen LogP contribution in [0, 0.1) is 0 Å². The van der Waals surface area contributed by atoms with E-state index >= 15 is 0 Å². The van der Waals surface area contributed by atoms with Crippen LogP contribution in [-0.2, 0) is 11.3 Å². The van der Waals surface area contributed by atoms with Gasteiger partial charge in [-0.3, -0.25) is 9.48 Å². The van der Waals surface area contributed by atoms with Crippen molar-refractivity contribution >= 4 is 22.9 Å². The smallest absolute Gasteiger partial charge is 0.267 e. The molecule has 3 rings (SSSR count). The summed E-state index contributed by atoms with van der Waals surface area (Å²) in [5.41, 5.74) is 3.38. The van der Waals surface area contributed by atoms with E-state index in [4.69, 9.17) is 4.74 Å². The third kappa shape index (κ3) is 2.88. The van der Waals surface area contributed by atoms with Gasteiger partial charge in [-0.1, -0.05) is 0 Å². The van der Waals surface area contributed by atoms with Crippen molar-refractivity contribution in [1.29, 1.82) is 0 Å². The first-order valence-corrected chi connectivity index (χ1v) is 7.42. The fourth-order valence-electron chi connectivity index (χ4n) is 2.00. The zero-order valence-corrected chi connectivity index (χ0v) is 12.0. The predicted molar refractivity (Wildman–Crippen MR) is 76.1 cm³/mol. The van der Waals surface area contributed by atoms with Gasteiger partial charge in [0.1, 0.15) is 4.88 Å². The quantitative estimate of drug-likeness (QED) is 0.885. The summed E-state index contributed by atoms with van der Waals surface area (Å²) in [7, 11) is 1.65. The van der Waals surface area contributed by atoms with E-state index in [-0.39, 0.29) is 5.91 Å². The molecule has 2 aromatic rings. The number of methoxy groups -OCH3 is 1. The Hall–Kier alpha value is -1.73. The van der Waals surface area contributed by atoms with E-state index in [1.54, 1.807) is 29.7 Å². The number of aromatic nitrogens is 3. The number of nitrogens with one attached hydrogen (secondary N) is 1. The molecular weight excluding hydrogens is 276 g/mol. The van der Waals surface area contributed by atoms with Crippen LogP contribution in [0.5, 0.6) is 0 Å². The minimum Gasteiger partial charge on any atom is -0.383 e. The van der Waals surface area contributed by atoms with E-state index in [2.05, 4.69) is 15.4 Å². The van der Waals surface area contributed by atoms with E-state index in [0.29, 0.717) is 24.8 Å². The van der Waals surface area contributed by atoms with E-state index in [1.807, 2.05) is 0 Å². The number of hydrogen-bond acceptors (Lipinski definition) is 5. The second-order valence-corrected chi connectivity index (χ2v) is 5.63. The van der Waals surface area contributed by atoms with Gasteiger partial charge >= 0.3 is 0 Å². The molecule has 0 aliphatic heterocycles. The van der Waals surface area contributed by atoms with Crippen molar-refractivity contribution in [3.05, 3.63) is 28.5 Å². The minimum absolute atomic E-state index is 0.0966. The molecule has 1 aliphatic rings. The molecule has 2 heterocycles. The molecule has 1 aliphatic carbocycles. The monoisotopic (exact) mass is 292 g/mol. The zero-order chi connectivity index (χ0) is 13.9. The lowest BCUT2D eigenvalue weighted by Crippen LogP contribution is -2.12. The average Bonchev–Trinajstić information content (AvgIpc) is 3.01. The molecular formula is C13H16N4O2S. The average molecular weight is 292 g/mol. The van der Waals surface area contributed by atoms with Crippen LogP contribution in [-0.4, -0.2) is 34.4 Å². The summed E-state index contributed by atoms with van der Waals surface area (Å²) < 4.78 is 6.73. The largest absolute Gasteiger partial charge is 0.383 e. The summed E-state index contributed by atoms with van der Waals surface area (Å²) in [6.45, 7) is 1.26. The third-order valence-electron chi connectivity index (χ3n) is 3.18. The Morgan fingerprint density at radius 3 is 3.20 bits per heavy atom. The number of ether oxygens (including phenoxy) is 1. The summed E-state index contributed by atoms with van der Waals surface area (Å²) in [5, 5.41) is 7.04. The van der Waals surface area contributed by atoms with Crippen LogP contribution in [0.25, 0.3) is 0 Å². The molecule has 1 N–H and O–H groups in total. The maximum atomic E-state index is 12.2. The molecule has 0 radical (unpaired) electrons. The van der Waals surface area contributed by atoms with Crippen LogP contribution in [0.1, 0.15) is 34.1 Å². The molecule has 6 nitrogen and oxygen atoms in total. The summed E-state index contributed by atoms with van der Waals surface area (Å²) in [4.78, 5) is 17.3. The summed E-state index contributed by atoms with van der Waals surface area (Å²) in [6.07, 6.45) is 5.72. The van der Waals surface area contributed by atoms with Crippen molar-refractivity contribution in [2.45, 2.75) is 25.3 Å². The van der Waals surface area contributed by atoms with Gasteiger partial charge in [-0.05, 0) is 12.8 Å². The van der Waals surface area contributed by atoms with Crippen LogP contribution < -0.4 is 5.32 Å². The Balaban J connectivity index is 1.66. The molecule has 7 heteroatoms. The molecule has 0 atom stereocenters. The highest BCUT2D eigenvalue weighted by molar-refractivity contribution is 7.12. The number of nitrogens with zero attached hydrogens (tertiary/aromatic N) is 3. The predicted octanol–water partition coefficient (Wildman–Crippen LogP) is 2.12. The first kappa shape index (κ1) is 13.3. The van der Waals surface area contributed by atoms with Gasteiger partial charge in [0, 0.05) is 19.2 Å². The van der Waals surface area contributed by atoms with Gasteiger partial charge < -0.3 is 10.1 Å². The third-order valence-corrected chi connectivity index (χ3v) is 4.02.